The molecule has 0 N–H and O–H groups in total. The second-order valence-corrected chi connectivity index (χ2v) is 9.00. The third-order valence-electron chi connectivity index (χ3n) is 0. The molecule has 0 aliphatic rings. The van der Waals surface area contributed by atoms with Crippen molar-refractivity contribution < 1.29 is 48.0 Å². The summed E-state index contributed by atoms with van der Waals surface area (Å²) in [5.41, 5.74) is 0. The van der Waals surface area contributed by atoms with Gasteiger partial charge in [0, 0.05) is 8.07 Å². The van der Waals surface area contributed by atoms with Gasteiger partial charge in [0.1, 0.15) is 0 Å². The zero-order chi connectivity index (χ0) is 4.50. The van der Waals surface area contributed by atoms with Gasteiger partial charge in [0.15, 0.2) is 0 Å². The van der Waals surface area contributed by atoms with Crippen LogP contribution in [0.4, 0.5) is 0 Å². The van der Waals surface area contributed by atoms with E-state index in [1.807, 2.05) is 0 Å². The van der Waals surface area contributed by atoms with Crippen LogP contribution in [0.2, 0.25) is 26.2 Å². The van der Waals surface area contributed by atoms with E-state index in [4.69, 9.17) is 0 Å². The summed E-state index contributed by atoms with van der Waals surface area (Å²) in [6, 6.07) is 0. The Balaban J connectivity index is -0.0000000267. The Hall–Kier alpha value is 2.44. The van der Waals surface area contributed by atoms with E-state index in [2.05, 4.69) is 26.2 Å². The molecular weight excluding hydrogens is 354 g/mol. The quantitative estimate of drug-likeness (QED) is 0.300. The monoisotopic (exact) mass is 366 g/mol. The van der Waals surface area contributed by atoms with Crippen LogP contribution >= 0.6 is 0 Å². The predicted octanol–water partition coefficient (Wildman–Crippen LogP) is -4.42. The molecule has 0 unspecified atom stereocenters. The summed E-state index contributed by atoms with van der Waals surface area (Å²) in [7, 11) is -0.611. The fourth-order valence-corrected chi connectivity index (χ4v) is 0. The van der Waals surface area contributed by atoms with Gasteiger partial charge in [-0.2, -0.15) is 0 Å². The van der Waals surface area contributed by atoms with Crippen LogP contribution in [0, 0.1) is 0 Å². The summed E-state index contributed by atoms with van der Waals surface area (Å²) < 4.78 is 0. The molecule has 0 amide bonds. The second kappa shape index (κ2) is 9.44. The third kappa shape index (κ3) is 78.4. The second-order valence-electron chi connectivity index (χ2n) is 3.00. The van der Waals surface area contributed by atoms with Gasteiger partial charge >= 0.3 is 23.1 Å². The Labute approximate surface area is 104 Å². The molecule has 0 atom stereocenters. The van der Waals surface area contributed by atoms with Crippen LogP contribution in [0.25, 0.3) is 0 Å². The molecule has 0 aliphatic heterocycles. The standard InChI is InChI=1S/C4H12Si.2HI.Mg/c1-5(2,3)4;;;/h1-4H3;2*1H;/q;;;+2/p-2. The number of hydrogen-bond donors (Lipinski definition) is 0. The zero-order valence-corrected chi connectivity index (χ0v) is 12.7. The first-order valence-electron chi connectivity index (χ1n) is 2.00. The minimum Gasteiger partial charge on any atom is -1.00 e. The largest absolute Gasteiger partial charge is 2.00 e. The maximum atomic E-state index is 2.33. The maximum Gasteiger partial charge on any atom is 2.00 e. The molecule has 0 heterocycles. The maximum absolute atomic E-state index is 2.33. The molecule has 0 aliphatic carbocycles. The van der Waals surface area contributed by atoms with E-state index in [1.54, 1.807) is 0 Å². The van der Waals surface area contributed by atoms with E-state index >= 15 is 0 Å². The molecule has 0 aromatic rings. The van der Waals surface area contributed by atoms with Crippen molar-refractivity contribution in [1.82, 2.24) is 0 Å². The van der Waals surface area contributed by atoms with Gasteiger partial charge in [-0.3, -0.25) is 0 Å². The average molecular weight is 366 g/mol. The molecule has 0 aromatic heterocycles. The van der Waals surface area contributed by atoms with Crippen LogP contribution in [0.5, 0.6) is 0 Å². The summed E-state index contributed by atoms with van der Waals surface area (Å²) in [6.45, 7) is 9.31. The summed E-state index contributed by atoms with van der Waals surface area (Å²) in [6.07, 6.45) is 0. The molecule has 0 radical (unpaired) electrons. The van der Waals surface area contributed by atoms with Gasteiger partial charge in [-0.1, -0.05) is 26.2 Å². The van der Waals surface area contributed by atoms with Crippen molar-refractivity contribution in [3.63, 3.8) is 0 Å². The van der Waals surface area contributed by atoms with Crippen LogP contribution in [-0.4, -0.2) is 31.1 Å². The van der Waals surface area contributed by atoms with E-state index in [1.165, 1.54) is 0 Å². The third-order valence-corrected chi connectivity index (χ3v) is 0. The topological polar surface area (TPSA) is 0 Å². The first-order valence-corrected chi connectivity index (χ1v) is 6.00. The van der Waals surface area contributed by atoms with Gasteiger partial charge in [0.25, 0.3) is 0 Å². The van der Waals surface area contributed by atoms with Gasteiger partial charge in [-0.15, -0.1) is 0 Å². The minimum atomic E-state index is -0.611. The molecule has 0 aromatic carbocycles. The van der Waals surface area contributed by atoms with E-state index in [0.29, 0.717) is 0 Å². The van der Waals surface area contributed by atoms with Crippen molar-refractivity contribution in [2.24, 2.45) is 0 Å². The first kappa shape index (κ1) is 22.4. The smallest absolute Gasteiger partial charge is 1.00 e. The molecule has 0 fully saturated rings. The van der Waals surface area contributed by atoms with Crippen molar-refractivity contribution in [2.75, 3.05) is 0 Å². The molecule has 4 heteroatoms. The Bertz CT molecular complexity index is 29.5. The molecule has 0 rings (SSSR count). The van der Waals surface area contributed by atoms with E-state index in [9.17, 15) is 0 Å². The fourth-order valence-electron chi connectivity index (χ4n) is 0. The molecule has 0 saturated carbocycles. The van der Waals surface area contributed by atoms with Crippen LogP contribution < -0.4 is 48.0 Å². The predicted molar refractivity (Wildman–Crippen MR) is 35.0 cm³/mol. The van der Waals surface area contributed by atoms with Crippen molar-refractivity contribution in [2.45, 2.75) is 26.2 Å². The summed E-state index contributed by atoms with van der Waals surface area (Å²) >= 11 is 0. The molecular formula is C4H12I2MgSi. The van der Waals surface area contributed by atoms with Crippen molar-refractivity contribution >= 4 is 31.1 Å². The normalized spacial score (nSPS) is 7.50. The summed E-state index contributed by atoms with van der Waals surface area (Å²) in [5, 5.41) is 0. The summed E-state index contributed by atoms with van der Waals surface area (Å²) in [5.74, 6) is 0. The summed E-state index contributed by atoms with van der Waals surface area (Å²) in [4.78, 5) is 0. The number of halogens is 2. The Morgan fingerprint density at radius 2 is 0.750 bits per heavy atom. The van der Waals surface area contributed by atoms with Crippen molar-refractivity contribution in [3.8, 4) is 0 Å². The van der Waals surface area contributed by atoms with Crippen LogP contribution in [0.15, 0.2) is 0 Å². The SMILES string of the molecule is C[Si](C)(C)C.[I-].[I-].[Mg+2]. The molecule has 8 heavy (non-hydrogen) atoms. The molecule has 0 nitrogen and oxygen atoms in total. The van der Waals surface area contributed by atoms with E-state index in [0.717, 1.165) is 0 Å². The first-order chi connectivity index (χ1) is 2.00. The average Bonchev–Trinajstić information content (AvgIpc) is 0.722. The molecule has 48 valence electrons. The zero-order valence-electron chi connectivity index (χ0n) is 5.96. The van der Waals surface area contributed by atoms with Crippen LogP contribution in [-0.2, 0) is 0 Å². The van der Waals surface area contributed by atoms with Gasteiger partial charge < -0.3 is 48.0 Å². The fraction of sp³-hybridized carbons (Fsp3) is 1.00. The van der Waals surface area contributed by atoms with Gasteiger partial charge in [0.2, 0.25) is 0 Å². The molecule has 0 bridgehead atoms. The van der Waals surface area contributed by atoms with E-state index < -0.39 is 8.07 Å². The minimum absolute atomic E-state index is 0. The molecule has 0 saturated heterocycles. The van der Waals surface area contributed by atoms with Gasteiger partial charge in [-0.25, -0.2) is 0 Å². The Kier molecular flexibility index (Phi) is 26.5. The number of hydrogen-bond acceptors (Lipinski definition) is 0. The van der Waals surface area contributed by atoms with Crippen LogP contribution in [0.1, 0.15) is 0 Å². The van der Waals surface area contributed by atoms with E-state index in [-0.39, 0.29) is 71.0 Å². The number of rotatable bonds is 0. The van der Waals surface area contributed by atoms with Gasteiger partial charge in [-0.05, 0) is 0 Å². The Morgan fingerprint density at radius 3 is 0.750 bits per heavy atom. The molecule has 0 spiro atoms. The van der Waals surface area contributed by atoms with Crippen LogP contribution in [0.3, 0.4) is 0 Å². The van der Waals surface area contributed by atoms with Crippen molar-refractivity contribution in [1.29, 1.82) is 0 Å². The van der Waals surface area contributed by atoms with Crippen molar-refractivity contribution in [3.05, 3.63) is 0 Å². The Morgan fingerprint density at radius 1 is 0.750 bits per heavy atom. The van der Waals surface area contributed by atoms with Gasteiger partial charge in [0.05, 0.1) is 0 Å².